The maximum atomic E-state index is 13.0. The van der Waals surface area contributed by atoms with Crippen LogP contribution in [0.3, 0.4) is 0 Å². The molecule has 4 rings (SSSR count). The van der Waals surface area contributed by atoms with Crippen molar-refractivity contribution in [3.8, 4) is 5.75 Å². The van der Waals surface area contributed by atoms with E-state index < -0.39 is 29.6 Å². The fraction of sp³-hybridized carbons (Fsp3) is 0.400. The summed E-state index contributed by atoms with van der Waals surface area (Å²) < 4.78 is 16.9. The summed E-state index contributed by atoms with van der Waals surface area (Å²) in [7, 11) is 1.52. The number of anilines is 1. The van der Waals surface area contributed by atoms with Crippen LogP contribution < -0.4 is 9.64 Å². The minimum atomic E-state index is -0.910. The number of carbonyl (C=O) groups excluding carboxylic acids is 2. The first-order valence-electron chi connectivity index (χ1n) is 9.27. The maximum Gasteiger partial charge on any atom is 0.301 e. The molecule has 0 aliphatic carbocycles. The van der Waals surface area contributed by atoms with Crippen molar-refractivity contribution in [3.05, 3.63) is 40.4 Å². The van der Waals surface area contributed by atoms with Crippen LogP contribution in [0.1, 0.15) is 25.0 Å². The predicted octanol–water partition coefficient (Wildman–Crippen LogP) is 2.26. The van der Waals surface area contributed by atoms with Crippen molar-refractivity contribution in [3.63, 3.8) is 0 Å². The summed E-state index contributed by atoms with van der Waals surface area (Å²) in [4.78, 5) is 27.1. The number of benzene rings is 1. The third-order valence-corrected chi connectivity index (χ3v) is 5.79. The van der Waals surface area contributed by atoms with E-state index in [0.717, 1.165) is 16.9 Å². The van der Waals surface area contributed by atoms with E-state index >= 15 is 0 Å². The molecule has 10 heteroatoms. The zero-order valence-corrected chi connectivity index (χ0v) is 17.7. The average molecular weight is 431 g/mol. The van der Waals surface area contributed by atoms with Gasteiger partial charge in [-0.3, -0.25) is 14.5 Å². The number of carbonyl (C=O) groups is 2. The summed E-state index contributed by atoms with van der Waals surface area (Å²) in [6.45, 7) is 5.49. The van der Waals surface area contributed by atoms with Crippen LogP contribution in [0.4, 0.5) is 5.13 Å². The Morgan fingerprint density at radius 1 is 1.37 bits per heavy atom. The molecule has 1 aromatic heterocycles. The number of Topliss-reactive ketones (excluding diaryl/α,β-unsaturated/α-hetero) is 1. The van der Waals surface area contributed by atoms with E-state index in [1.165, 1.54) is 17.5 Å². The Morgan fingerprint density at radius 3 is 2.73 bits per heavy atom. The van der Waals surface area contributed by atoms with Crippen LogP contribution in [-0.4, -0.2) is 58.6 Å². The Hall–Kier alpha value is -2.82. The summed E-state index contributed by atoms with van der Waals surface area (Å²) in [5.74, 6) is -2.27. The Labute approximate surface area is 176 Å². The third kappa shape index (κ3) is 3.36. The van der Waals surface area contributed by atoms with Gasteiger partial charge in [0.05, 0.1) is 19.3 Å². The smallest absolute Gasteiger partial charge is 0.301 e. The molecule has 2 aliphatic heterocycles. The normalized spacial score (nSPS) is 25.1. The van der Waals surface area contributed by atoms with E-state index in [-0.39, 0.29) is 23.1 Å². The van der Waals surface area contributed by atoms with Gasteiger partial charge in [0.15, 0.2) is 5.79 Å². The number of amides is 1. The number of aromatic nitrogens is 2. The van der Waals surface area contributed by atoms with Crippen LogP contribution in [-0.2, 0) is 19.1 Å². The van der Waals surface area contributed by atoms with Gasteiger partial charge in [0.25, 0.3) is 5.78 Å². The minimum Gasteiger partial charge on any atom is -0.507 e. The third-order valence-electron chi connectivity index (χ3n) is 5.11. The lowest BCUT2D eigenvalue weighted by Crippen LogP contribution is -2.44. The number of aliphatic hydroxyl groups excluding tert-OH is 1. The molecule has 0 bridgehead atoms. The number of ketones is 1. The van der Waals surface area contributed by atoms with E-state index in [0.29, 0.717) is 11.3 Å². The summed E-state index contributed by atoms with van der Waals surface area (Å²) in [6.07, 6.45) is -0.677. The van der Waals surface area contributed by atoms with Gasteiger partial charge < -0.3 is 19.3 Å². The number of rotatable bonds is 4. The molecule has 2 aliphatic rings. The highest BCUT2D eigenvalue weighted by molar-refractivity contribution is 7.13. The summed E-state index contributed by atoms with van der Waals surface area (Å²) in [6, 6.07) is 4.14. The van der Waals surface area contributed by atoms with Crippen molar-refractivity contribution in [2.75, 3.05) is 18.6 Å². The Bertz CT molecular complexity index is 1030. The van der Waals surface area contributed by atoms with Gasteiger partial charge >= 0.3 is 5.91 Å². The summed E-state index contributed by atoms with van der Waals surface area (Å²) in [5.41, 5.74) is 2.63. The zero-order valence-electron chi connectivity index (χ0n) is 16.9. The topological polar surface area (TPSA) is 111 Å². The van der Waals surface area contributed by atoms with E-state index in [2.05, 4.69) is 10.2 Å². The molecule has 30 heavy (non-hydrogen) atoms. The second kappa shape index (κ2) is 7.46. The molecule has 9 nitrogen and oxygen atoms in total. The molecule has 0 spiro atoms. The van der Waals surface area contributed by atoms with E-state index in [4.69, 9.17) is 14.2 Å². The van der Waals surface area contributed by atoms with Gasteiger partial charge in [0.1, 0.15) is 29.2 Å². The lowest BCUT2D eigenvalue weighted by Gasteiger charge is -2.27. The number of hydrogen-bond acceptors (Lipinski definition) is 9. The Kier molecular flexibility index (Phi) is 5.08. The molecule has 1 N–H and O–H groups in total. The first-order valence-corrected chi connectivity index (χ1v) is 10.2. The summed E-state index contributed by atoms with van der Waals surface area (Å²) >= 11 is 1.12. The number of methoxy groups -OCH3 is 1. The Balaban J connectivity index is 1.86. The predicted molar refractivity (Wildman–Crippen MR) is 108 cm³/mol. The van der Waals surface area contributed by atoms with Crippen molar-refractivity contribution < 1.29 is 28.9 Å². The number of aryl methyl sites for hydroxylation is 1. The molecule has 0 radical (unpaired) electrons. The van der Waals surface area contributed by atoms with Gasteiger partial charge in [-0.25, -0.2) is 0 Å². The zero-order chi connectivity index (χ0) is 21.6. The van der Waals surface area contributed by atoms with Crippen molar-refractivity contribution in [1.29, 1.82) is 0 Å². The van der Waals surface area contributed by atoms with Gasteiger partial charge in [-0.1, -0.05) is 23.5 Å². The molecule has 2 aromatic rings. The van der Waals surface area contributed by atoms with Crippen molar-refractivity contribution in [2.24, 2.45) is 0 Å². The number of ether oxygens (including phenoxy) is 3. The summed E-state index contributed by atoms with van der Waals surface area (Å²) in [5, 5.41) is 19.1. The highest BCUT2D eigenvalue weighted by Gasteiger charge is 2.54. The molecular formula is C20H21N3O6S. The molecule has 1 amide bonds. The molecule has 3 heterocycles. The number of nitrogens with zero attached hydrogens (tertiary/aromatic N) is 3. The highest BCUT2D eigenvalue weighted by atomic mass is 32.1. The molecule has 0 saturated carbocycles. The maximum absolute atomic E-state index is 13.0. The first kappa shape index (κ1) is 20.5. The molecule has 158 valence electrons. The lowest BCUT2D eigenvalue weighted by molar-refractivity contribution is -0.140. The molecule has 2 saturated heterocycles. The largest absolute Gasteiger partial charge is 0.507 e. The van der Waals surface area contributed by atoms with Gasteiger partial charge in [-0.05, 0) is 32.4 Å². The molecule has 2 unspecified atom stereocenters. The molecular weight excluding hydrogens is 410 g/mol. The van der Waals surface area contributed by atoms with E-state index in [1.54, 1.807) is 32.0 Å². The monoisotopic (exact) mass is 431 g/mol. The Morgan fingerprint density at radius 2 is 2.13 bits per heavy atom. The van der Waals surface area contributed by atoms with E-state index in [1.807, 2.05) is 6.92 Å². The van der Waals surface area contributed by atoms with Gasteiger partial charge in [0, 0.05) is 5.56 Å². The molecule has 2 fully saturated rings. The van der Waals surface area contributed by atoms with Crippen LogP contribution in [0.15, 0.2) is 29.3 Å². The van der Waals surface area contributed by atoms with Gasteiger partial charge in [0.2, 0.25) is 5.13 Å². The van der Waals surface area contributed by atoms with Crippen molar-refractivity contribution in [1.82, 2.24) is 10.2 Å². The van der Waals surface area contributed by atoms with Crippen molar-refractivity contribution >= 4 is 33.9 Å². The van der Waals surface area contributed by atoms with Crippen LogP contribution in [0.25, 0.3) is 5.76 Å². The fourth-order valence-corrected chi connectivity index (χ4v) is 4.28. The van der Waals surface area contributed by atoms with Gasteiger partial charge in [-0.15, -0.1) is 10.2 Å². The van der Waals surface area contributed by atoms with Gasteiger partial charge in [-0.2, -0.15) is 0 Å². The quantitative estimate of drug-likeness (QED) is 0.446. The van der Waals surface area contributed by atoms with Crippen molar-refractivity contribution in [2.45, 2.75) is 38.7 Å². The molecule has 1 aromatic carbocycles. The van der Waals surface area contributed by atoms with Crippen LogP contribution in [0.5, 0.6) is 5.75 Å². The second-order valence-electron chi connectivity index (χ2n) is 7.48. The first-order chi connectivity index (χ1) is 14.2. The second-order valence-corrected chi connectivity index (χ2v) is 8.30. The number of aliphatic hydroxyl groups is 1. The average Bonchev–Trinajstić information content (AvgIpc) is 3.41. The van der Waals surface area contributed by atoms with Crippen LogP contribution in [0, 0.1) is 6.92 Å². The van der Waals surface area contributed by atoms with E-state index in [9.17, 15) is 14.7 Å². The highest BCUT2D eigenvalue weighted by Crippen LogP contribution is 2.39. The van der Waals surface area contributed by atoms with Crippen LogP contribution in [0.2, 0.25) is 0 Å². The SMILES string of the molecule is COc1cc(/C(O)=C2\C(=O)C(=O)N(c3nncs3)C2C2COC(C)(C)O2)ccc1C. The minimum absolute atomic E-state index is 0.0626. The standard InChI is InChI=1S/C20H21N3O6S/c1-10-5-6-11(7-12(10)27-4)16(24)14-15(13-8-28-20(2,3)29-13)23(18(26)17(14)25)19-22-21-9-30-19/h5-7,9,13,15,24H,8H2,1-4H3/b16-14+. The lowest BCUT2D eigenvalue weighted by atomic mass is 9.97. The van der Waals surface area contributed by atoms with Crippen LogP contribution >= 0.6 is 11.3 Å². The molecule has 2 atom stereocenters. The fourth-order valence-electron chi connectivity index (χ4n) is 3.69. The number of hydrogen-bond donors (Lipinski definition) is 1.